The van der Waals surface area contributed by atoms with Gasteiger partial charge in [0.1, 0.15) is 0 Å². The van der Waals surface area contributed by atoms with E-state index >= 15 is 0 Å². The van der Waals surface area contributed by atoms with Crippen molar-refractivity contribution in [2.24, 2.45) is 11.7 Å². The first-order valence-corrected chi connectivity index (χ1v) is 6.84. The largest absolute Gasteiger partial charge is 0.367 e. The standard InChI is InChI=1S/C14H19ClN2/c1-9(16)11-3-5-14(13(15)7-11)17-8-10-2-4-12(17)6-10/h3,5,7,9-10,12H,2,4,6,8,16H2,1H3. The predicted octanol–water partition coefficient (Wildman–Crippen LogP) is 3.35. The first-order valence-electron chi connectivity index (χ1n) is 6.47. The van der Waals surface area contributed by atoms with E-state index in [4.69, 9.17) is 17.3 Å². The molecule has 3 unspecified atom stereocenters. The van der Waals surface area contributed by atoms with Gasteiger partial charge in [-0.2, -0.15) is 0 Å². The quantitative estimate of drug-likeness (QED) is 0.872. The Morgan fingerprint density at radius 3 is 2.76 bits per heavy atom. The first kappa shape index (κ1) is 11.4. The van der Waals surface area contributed by atoms with Crippen molar-refractivity contribution in [2.75, 3.05) is 11.4 Å². The zero-order valence-electron chi connectivity index (χ0n) is 10.2. The Labute approximate surface area is 108 Å². The molecular weight excluding hydrogens is 232 g/mol. The Hall–Kier alpha value is -0.730. The molecule has 1 aromatic carbocycles. The van der Waals surface area contributed by atoms with Gasteiger partial charge in [-0.25, -0.2) is 0 Å². The highest BCUT2D eigenvalue weighted by Crippen LogP contribution is 2.42. The van der Waals surface area contributed by atoms with E-state index in [0.717, 1.165) is 22.5 Å². The Morgan fingerprint density at radius 1 is 1.41 bits per heavy atom. The number of anilines is 1. The number of nitrogens with two attached hydrogens (primary N) is 1. The minimum Gasteiger partial charge on any atom is -0.367 e. The molecule has 1 aliphatic carbocycles. The fourth-order valence-electron chi connectivity index (χ4n) is 3.26. The van der Waals surface area contributed by atoms with Crippen molar-refractivity contribution >= 4 is 17.3 Å². The van der Waals surface area contributed by atoms with E-state index in [1.807, 2.05) is 13.0 Å². The molecule has 1 heterocycles. The van der Waals surface area contributed by atoms with E-state index in [9.17, 15) is 0 Å². The number of hydrogen-bond donors (Lipinski definition) is 1. The normalized spacial score (nSPS) is 28.8. The molecule has 1 saturated carbocycles. The number of fused-ring (bicyclic) bond motifs is 2. The molecule has 0 amide bonds. The lowest BCUT2D eigenvalue weighted by molar-refractivity contribution is 0.553. The summed E-state index contributed by atoms with van der Waals surface area (Å²) < 4.78 is 0. The highest BCUT2D eigenvalue weighted by Gasteiger charge is 2.38. The Kier molecular flexibility index (Phi) is 2.80. The predicted molar refractivity (Wildman–Crippen MR) is 72.5 cm³/mol. The molecule has 2 aliphatic rings. The van der Waals surface area contributed by atoms with Gasteiger partial charge in [-0.05, 0) is 49.8 Å². The first-order chi connectivity index (χ1) is 8.15. The molecule has 1 aromatic rings. The van der Waals surface area contributed by atoms with Crippen LogP contribution in [0.4, 0.5) is 5.69 Å². The fraction of sp³-hybridized carbons (Fsp3) is 0.571. The molecule has 3 heteroatoms. The van der Waals surface area contributed by atoms with Crippen molar-refractivity contribution in [1.82, 2.24) is 0 Å². The lowest BCUT2D eigenvalue weighted by Crippen LogP contribution is -2.32. The van der Waals surface area contributed by atoms with Gasteiger partial charge < -0.3 is 10.6 Å². The van der Waals surface area contributed by atoms with Gasteiger partial charge in [0.05, 0.1) is 10.7 Å². The lowest BCUT2D eigenvalue weighted by Gasteiger charge is -2.30. The fourth-order valence-corrected chi connectivity index (χ4v) is 3.56. The van der Waals surface area contributed by atoms with Crippen LogP contribution in [-0.4, -0.2) is 12.6 Å². The average molecular weight is 251 g/mol. The molecule has 2 bridgehead atoms. The molecule has 0 spiro atoms. The molecule has 3 atom stereocenters. The summed E-state index contributed by atoms with van der Waals surface area (Å²) in [5.41, 5.74) is 8.19. The summed E-state index contributed by atoms with van der Waals surface area (Å²) >= 11 is 6.39. The minimum absolute atomic E-state index is 0.0524. The van der Waals surface area contributed by atoms with Crippen molar-refractivity contribution in [1.29, 1.82) is 0 Å². The molecule has 2 N–H and O–H groups in total. The van der Waals surface area contributed by atoms with Gasteiger partial charge in [0.15, 0.2) is 0 Å². The summed E-state index contributed by atoms with van der Waals surface area (Å²) in [5.74, 6) is 0.893. The third kappa shape index (κ3) is 1.94. The number of halogens is 1. The van der Waals surface area contributed by atoms with Gasteiger partial charge in [0.25, 0.3) is 0 Å². The third-order valence-electron chi connectivity index (χ3n) is 4.22. The lowest BCUT2D eigenvalue weighted by atomic mass is 10.1. The van der Waals surface area contributed by atoms with Crippen LogP contribution in [0.3, 0.4) is 0 Å². The SMILES string of the molecule is CC(N)c1ccc(N2CC3CCC2C3)c(Cl)c1. The van der Waals surface area contributed by atoms with Gasteiger partial charge in [0, 0.05) is 18.6 Å². The van der Waals surface area contributed by atoms with Crippen LogP contribution in [0.2, 0.25) is 5.02 Å². The minimum atomic E-state index is 0.0524. The van der Waals surface area contributed by atoms with Crippen molar-refractivity contribution in [3.63, 3.8) is 0 Å². The maximum absolute atomic E-state index is 6.39. The van der Waals surface area contributed by atoms with Gasteiger partial charge in [-0.3, -0.25) is 0 Å². The van der Waals surface area contributed by atoms with Crippen LogP contribution in [0.5, 0.6) is 0 Å². The highest BCUT2D eigenvalue weighted by atomic mass is 35.5. The van der Waals surface area contributed by atoms with Crippen molar-refractivity contribution in [3.8, 4) is 0 Å². The van der Waals surface area contributed by atoms with Crippen LogP contribution in [-0.2, 0) is 0 Å². The number of piperidine rings is 1. The zero-order valence-corrected chi connectivity index (χ0v) is 11.0. The van der Waals surface area contributed by atoms with Crippen LogP contribution in [0.1, 0.15) is 37.8 Å². The van der Waals surface area contributed by atoms with Crippen LogP contribution >= 0.6 is 11.6 Å². The monoisotopic (exact) mass is 250 g/mol. The summed E-state index contributed by atoms with van der Waals surface area (Å²) in [5, 5.41) is 0.854. The maximum Gasteiger partial charge on any atom is 0.0642 e. The second kappa shape index (κ2) is 4.18. The van der Waals surface area contributed by atoms with Crippen LogP contribution in [0.15, 0.2) is 18.2 Å². The van der Waals surface area contributed by atoms with Crippen molar-refractivity contribution in [2.45, 2.75) is 38.3 Å². The zero-order chi connectivity index (χ0) is 12.0. The number of nitrogens with zero attached hydrogens (tertiary/aromatic N) is 1. The van der Waals surface area contributed by atoms with Crippen molar-refractivity contribution in [3.05, 3.63) is 28.8 Å². The van der Waals surface area contributed by atoms with Crippen LogP contribution in [0, 0.1) is 5.92 Å². The molecule has 1 saturated heterocycles. The molecular formula is C14H19ClN2. The van der Waals surface area contributed by atoms with E-state index in [1.54, 1.807) is 0 Å². The van der Waals surface area contributed by atoms with E-state index in [1.165, 1.54) is 31.5 Å². The second-order valence-corrected chi connectivity index (χ2v) is 5.89. The molecule has 2 fully saturated rings. The molecule has 3 rings (SSSR count). The van der Waals surface area contributed by atoms with Gasteiger partial charge in [-0.1, -0.05) is 17.7 Å². The van der Waals surface area contributed by atoms with E-state index in [2.05, 4.69) is 17.0 Å². The highest BCUT2D eigenvalue weighted by molar-refractivity contribution is 6.33. The molecule has 92 valence electrons. The van der Waals surface area contributed by atoms with Crippen LogP contribution < -0.4 is 10.6 Å². The van der Waals surface area contributed by atoms with Gasteiger partial charge in [0.2, 0.25) is 0 Å². The summed E-state index contributed by atoms with van der Waals surface area (Å²) in [7, 11) is 0. The van der Waals surface area contributed by atoms with Gasteiger partial charge in [-0.15, -0.1) is 0 Å². The summed E-state index contributed by atoms with van der Waals surface area (Å²) in [4.78, 5) is 2.49. The Balaban J connectivity index is 1.89. The van der Waals surface area contributed by atoms with E-state index < -0.39 is 0 Å². The summed E-state index contributed by atoms with van der Waals surface area (Å²) in [6.45, 7) is 3.17. The van der Waals surface area contributed by atoms with Crippen LogP contribution in [0.25, 0.3) is 0 Å². The average Bonchev–Trinajstić information content (AvgIpc) is 2.90. The second-order valence-electron chi connectivity index (χ2n) is 5.48. The molecule has 2 nitrogen and oxygen atoms in total. The molecule has 0 radical (unpaired) electrons. The smallest absolute Gasteiger partial charge is 0.0642 e. The van der Waals surface area contributed by atoms with E-state index in [-0.39, 0.29) is 6.04 Å². The number of rotatable bonds is 2. The van der Waals surface area contributed by atoms with E-state index in [0.29, 0.717) is 0 Å². The summed E-state index contributed by atoms with van der Waals surface area (Å²) in [6, 6.07) is 7.04. The maximum atomic E-state index is 6.39. The molecule has 0 aromatic heterocycles. The van der Waals surface area contributed by atoms with Crippen molar-refractivity contribution < 1.29 is 0 Å². The number of hydrogen-bond acceptors (Lipinski definition) is 2. The molecule has 17 heavy (non-hydrogen) atoms. The Morgan fingerprint density at radius 2 is 2.24 bits per heavy atom. The topological polar surface area (TPSA) is 29.3 Å². The Bertz CT molecular complexity index is 430. The summed E-state index contributed by atoms with van der Waals surface area (Å²) in [6.07, 6.45) is 4.08. The molecule has 1 aliphatic heterocycles. The van der Waals surface area contributed by atoms with Gasteiger partial charge >= 0.3 is 0 Å². The number of benzene rings is 1. The third-order valence-corrected chi connectivity index (χ3v) is 4.52.